The summed E-state index contributed by atoms with van der Waals surface area (Å²) in [6, 6.07) is 4.99. The van der Waals surface area contributed by atoms with E-state index in [2.05, 4.69) is 16.5 Å². The molecular weight excluding hydrogens is 354 g/mol. The first kappa shape index (κ1) is 20.1. The molecule has 0 aliphatic carbocycles. The number of rotatable bonds is 6. The van der Waals surface area contributed by atoms with Gasteiger partial charge in [0.25, 0.3) is 0 Å². The van der Waals surface area contributed by atoms with Crippen LogP contribution < -0.4 is 21.9 Å². The summed E-state index contributed by atoms with van der Waals surface area (Å²) >= 11 is 0. The number of anilines is 1. The van der Waals surface area contributed by atoms with Crippen LogP contribution in [0.5, 0.6) is 0 Å². The van der Waals surface area contributed by atoms with E-state index in [4.69, 9.17) is 11.5 Å². The van der Waals surface area contributed by atoms with Crippen molar-refractivity contribution >= 4 is 15.7 Å². The molecule has 0 saturated carbocycles. The Kier molecular flexibility index (Phi) is 6.55. The molecule has 2 unspecified atom stereocenters. The first-order chi connectivity index (χ1) is 12.3. The summed E-state index contributed by atoms with van der Waals surface area (Å²) in [7, 11) is -1.26. The van der Waals surface area contributed by atoms with Gasteiger partial charge in [0.05, 0.1) is 17.6 Å². The molecule has 1 saturated heterocycles. The lowest BCUT2D eigenvalue weighted by Crippen LogP contribution is -2.42. The molecule has 5 N–H and O–H groups in total. The Bertz CT molecular complexity index is 770. The average Bonchev–Trinajstić information content (AvgIpc) is 2.62. The summed E-state index contributed by atoms with van der Waals surface area (Å²) in [6.07, 6.45) is 3.27. The van der Waals surface area contributed by atoms with E-state index < -0.39 is 15.9 Å². The van der Waals surface area contributed by atoms with Crippen LogP contribution in [0.15, 0.2) is 30.2 Å². The van der Waals surface area contributed by atoms with Gasteiger partial charge in [0.2, 0.25) is 0 Å². The Morgan fingerprint density at radius 3 is 2.58 bits per heavy atom. The van der Waals surface area contributed by atoms with Crippen molar-refractivity contribution in [2.45, 2.75) is 19.0 Å². The van der Waals surface area contributed by atoms with Crippen LogP contribution in [0, 0.1) is 11.3 Å². The summed E-state index contributed by atoms with van der Waals surface area (Å²) in [5, 5.41) is 11.2. The predicted molar refractivity (Wildman–Crippen MR) is 100 cm³/mol. The van der Waals surface area contributed by atoms with Gasteiger partial charge in [0.15, 0.2) is 9.84 Å². The van der Waals surface area contributed by atoms with Gasteiger partial charge in [-0.2, -0.15) is 5.26 Å². The van der Waals surface area contributed by atoms with Gasteiger partial charge >= 0.3 is 0 Å². The van der Waals surface area contributed by atoms with Crippen LogP contribution in [0.25, 0.3) is 0 Å². The monoisotopic (exact) mass is 379 g/mol. The number of sulfone groups is 1. The quantitative estimate of drug-likeness (QED) is 0.556. The van der Waals surface area contributed by atoms with Crippen molar-refractivity contribution in [1.82, 2.24) is 15.3 Å². The van der Waals surface area contributed by atoms with Crippen molar-refractivity contribution < 1.29 is 8.42 Å². The van der Waals surface area contributed by atoms with Crippen molar-refractivity contribution in [3.8, 4) is 6.07 Å². The Hall–Kier alpha value is -2.19. The summed E-state index contributed by atoms with van der Waals surface area (Å²) in [5.41, 5.74) is 15.8. The molecule has 2 atom stereocenters. The van der Waals surface area contributed by atoms with Gasteiger partial charge in [-0.3, -0.25) is 9.91 Å². The van der Waals surface area contributed by atoms with E-state index in [-0.39, 0.29) is 17.5 Å². The molecule has 0 bridgehead atoms. The van der Waals surface area contributed by atoms with E-state index >= 15 is 0 Å². The van der Waals surface area contributed by atoms with Crippen LogP contribution in [0.2, 0.25) is 0 Å². The van der Waals surface area contributed by atoms with Gasteiger partial charge in [-0.05, 0) is 13.0 Å². The highest BCUT2D eigenvalue weighted by Gasteiger charge is 2.28. The minimum absolute atomic E-state index is 0.0750. The second-order valence-corrected chi connectivity index (χ2v) is 8.48. The van der Waals surface area contributed by atoms with E-state index in [1.165, 1.54) is 0 Å². The second kappa shape index (κ2) is 8.46. The zero-order valence-corrected chi connectivity index (χ0v) is 15.8. The summed E-state index contributed by atoms with van der Waals surface area (Å²) in [6.45, 7) is 2.48. The number of hydrogen-bond donors (Lipinski definition) is 3. The van der Waals surface area contributed by atoms with E-state index in [1.807, 2.05) is 4.90 Å². The number of nitriles is 1. The van der Waals surface area contributed by atoms with Gasteiger partial charge in [0.1, 0.15) is 11.9 Å². The van der Waals surface area contributed by atoms with Crippen molar-refractivity contribution in [3.05, 3.63) is 35.8 Å². The molecule has 0 aromatic carbocycles. The lowest BCUT2D eigenvalue weighted by Gasteiger charge is -2.30. The molecule has 1 aliphatic heterocycles. The molecule has 0 spiro atoms. The smallest absolute Gasteiger partial charge is 0.152 e. The first-order valence-corrected chi connectivity index (χ1v) is 10.1. The molecule has 1 aromatic rings. The number of aromatic nitrogens is 1. The molecule has 0 radical (unpaired) electrons. The Morgan fingerprint density at radius 2 is 2.12 bits per heavy atom. The highest BCUT2D eigenvalue weighted by molar-refractivity contribution is 7.91. The average molecular weight is 379 g/mol. The SMILES string of the molecule is CNN(/C=C(/N)C(C)N)c1ccc(C(C#N)N2CCS(=O)(=O)CC2)cn1. The number of nitrogens with two attached hydrogens (primary N) is 2. The fourth-order valence-corrected chi connectivity index (χ4v) is 3.79. The van der Waals surface area contributed by atoms with E-state index in [9.17, 15) is 13.7 Å². The van der Waals surface area contributed by atoms with Crippen LogP contribution in [0.4, 0.5) is 5.82 Å². The molecule has 1 aliphatic rings. The van der Waals surface area contributed by atoms with E-state index in [1.54, 1.807) is 43.5 Å². The molecule has 26 heavy (non-hydrogen) atoms. The van der Waals surface area contributed by atoms with Gasteiger partial charge in [-0.1, -0.05) is 6.07 Å². The Labute approximate surface area is 154 Å². The molecule has 2 rings (SSSR count). The van der Waals surface area contributed by atoms with Crippen molar-refractivity contribution in [1.29, 1.82) is 5.26 Å². The summed E-state index contributed by atoms with van der Waals surface area (Å²) in [4.78, 5) is 6.24. The van der Waals surface area contributed by atoms with Crippen LogP contribution in [0.1, 0.15) is 18.5 Å². The third-order valence-electron chi connectivity index (χ3n) is 4.24. The van der Waals surface area contributed by atoms with Crippen molar-refractivity contribution in [2.75, 3.05) is 36.7 Å². The maximum Gasteiger partial charge on any atom is 0.152 e. The first-order valence-electron chi connectivity index (χ1n) is 8.27. The van der Waals surface area contributed by atoms with Crippen LogP contribution in [-0.2, 0) is 9.84 Å². The lowest BCUT2D eigenvalue weighted by atomic mass is 10.1. The normalized spacial score (nSPS) is 20.2. The second-order valence-electron chi connectivity index (χ2n) is 6.18. The maximum absolute atomic E-state index is 11.6. The van der Waals surface area contributed by atoms with E-state index in [0.717, 1.165) is 5.56 Å². The molecule has 10 heteroatoms. The largest absolute Gasteiger partial charge is 0.400 e. The van der Waals surface area contributed by atoms with Crippen LogP contribution in [0.3, 0.4) is 0 Å². The minimum Gasteiger partial charge on any atom is -0.400 e. The predicted octanol–water partition coefficient (Wildman–Crippen LogP) is -0.535. The van der Waals surface area contributed by atoms with Crippen LogP contribution in [-0.4, -0.2) is 56.0 Å². The third kappa shape index (κ3) is 4.92. The van der Waals surface area contributed by atoms with Crippen molar-refractivity contribution in [3.63, 3.8) is 0 Å². The highest BCUT2D eigenvalue weighted by Crippen LogP contribution is 2.23. The fourth-order valence-electron chi connectivity index (χ4n) is 2.57. The van der Waals surface area contributed by atoms with Crippen LogP contribution >= 0.6 is 0 Å². The molecule has 1 fully saturated rings. The topological polar surface area (TPSA) is 141 Å². The zero-order chi connectivity index (χ0) is 19.3. The zero-order valence-electron chi connectivity index (χ0n) is 15.0. The number of pyridine rings is 1. The number of nitrogens with zero attached hydrogens (tertiary/aromatic N) is 4. The molecule has 142 valence electrons. The fraction of sp³-hybridized carbons (Fsp3) is 0.500. The number of hydrazine groups is 1. The Balaban J connectivity index is 2.17. The van der Waals surface area contributed by atoms with Gasteiger partial charge in [-0.25, -0.2) is 18.8 Å². The van der Waals surface area contributed by atoms with Gasteiger partial charge in [0, 0.05) is 49.8 Å². The molecule has 9 nitrogen and oxygen atoms in total. The van der Waals surface area contributed by atoms with Gasteiger partial charge < -0.3 is 11.5 Å². The third-order valence-corrected chi connectivity index (χ3v) is 5.85. The molecule has 2 heterocycles. The van der Waals surface area contributed by atoms with E-state index in [0.29, 0.717) is 24.6 Å². The molecular formula is C16H25N7O2S. The lowest BCUT2D eigenvalue weighted by molar-refractivity contribution is 0.255. The molecule has 1 aromatic heterocycles. The summed E-state index contributed by atoms with van der Waals surface area (Å²) < 4.78 is 23.1. The summed E-state index contributed by atoms with van der Waals surface area (Å²) in [5.74, 6) is 0.745. The standard InChI is InChI=1S/C16H25N7O2S/c1-12(18)14(19)11-23(20-2)16-4-3-13(10-21-16)15(9-17)22-5-7-26(24,25)8-6-22/h3-4,10-12,15,20H,5-8,18-19H2,1-2H3/b14-11+. The number of hydrogen-bond acceptors (Lipinski definition) is 9. The number of nitrogens with one attached hydrogen (secondary N) is 1. The minimum atomic E-state index is -2.99. The highest BCUT2D eigenvalue weighted by atomic mass is 32.2. The van der Waals surface area contributed by atoms with Gasteiger partial charge in [-0.15, -0.1) is 0 Å². The van der Waals surface area contributed by atoms with Crippen molar-refractivity contribution in [2.24, 2.45) is 11.5 Å². The molecule has 0 amide bonds. The Morgan fingerprint density at radius 1 is 1.46 bits per heavy atom. The maximum atomic E-state index is 11.6.